The summed E-state index contributed by atoms with van der Waals surface area (Å²) >= 11 is 0. The van der Waals surface area contributed by atoms with Crippen LogP contribution in [0.2, 0.25) is 0 Å². The number of amides is 1. The third kappa shape index (κ3) is 3.60. The Morgan fingerprint density at radius 2 is 1.75 bits per heavy atom. The van der Waals surface area contributed by atoms with Gasteiger partial charge in [-0.3, -0.25) is 9.69 Å². The highest BCUT2D eigenvalue weighted by molar-refractivity contribution is 5.97. The van der Waals surface area contributed by atoms with Crippen LogP contribution in [-0.2, 0) is 6.54 Å². The molecule has 0 unspecified atom stereocenters. The summed E-state index contributed by atoms with van der Waals surface area (Å²) in [7, 11) is 0. The summed E-state index contributed by atoms with van der Waals surface area (Å²) in [4.78, 5) is 16.8. The van der Waals surface area contributed by atoms with E-state index in [1.54, 1.807) is 12.1 Å². The molecule has 0 saturated carbocycles. The Morgan fingerprint density at radius 3 is 2.42 bits per heavy atom. The number of carbonyl (C=O) groups excluding carboxylic acids is 1. The fraction of sp³-hybridized carbons (Fsp3) is 0.350. The van der Waals surface area contributed by atoms with Crippen molar-refractivity contribution in [1.82, 2.24) is 9.80 Å². The number of hydrogen-bond donors (Lipinski definition) is 1. The van der Waals surface area contributed by atoms with Crippen molar-refractivity contribution in [1.29, 1.82) is 0 Å². The van der Waals surface area contributed by atoms with Crippen LogP contribution < -0.4 is 0 Å². The number of aryl methyl sites for hydroxylation is 2. The van der Waals surface area contributed by atoms with E-state index in [-0.39, 0.29) is 11.7 Å². The molecule has 3 rings (SSSR count). The number of benzene rings is 2. The lowest BCUT2D eigenvalue weighted by molar-refractivity contribution is 0.0625. The van der Waals surface area contributed by atoms with E-state index < -0.39 is 0 Å². The summed E-state index contributed by atoms with van der Waals surface area (Å²) in [5, 5.41) is 10.0. The van der Waals surface area contributed by atoms with Crippen LogP contribution in [0.15, 0.2) is 42.5 Å². The van der Waals surface area contributed by atoms with Crippen molar-refractivity contribution in [3.05, 3.63) is 64.7 Å². The van der Waals surface area contributed by atoms with Crippen LogP contribution in [0.25, 0.3) is 0 Å². The Morgan fingerprint density at radius 1 is 1.04 bits per heavy atom. The predicted molar refractivity (Wildman–Crippen MR) is 95.2 cm³/mol. The van der Waals surface area contributed by atoms with Gasteiger partial charge in [0.05, 0.1) is 5.56 Å². The van der Waals surface area contributed by atoms with E-state index in [1.165, 1.54) is 11.1 Å². The van der Waals surface area contributed by atoms with Crippen molar-refractivity contribution in [2.24, 2.45) is 0 Å². The topological polar surface area (TPSA) is 43.8 Å². The van der Waals surface area contributed by atoms with Crippen molar-refractivity contribution in [2.45, 2.75) is 20.4 Å². The molecule has 0 aromatic heterocycles. The number of rotatable bonds is 3. The lowest BCUT2D eigenvalue weighted by Gasteiger charge is -2.35. The van der Waals surface area contributed by atoms with Gasteiger partial charge < -0.3 is 10.0 Å². The van der Waals surface area contributed by atoms with E-state index in [0.29, 0.717) is 18.7 Å². The van der Waals surface area contributed by atoms with Gasteiger partial charge in [-0.05, 0) is 42.7 Å². The maximum absolute atomic E-state index is 12.6. The van der Waals surface area contributed by atoms with E-state index in [1.807, 2.05) is 17.9 Å². The Kier molecular flexibility index (Phi) is 4.86. The van der Waals surface area contributed by atoms with Gasteiger partial charge in [0, 0.05) is 32.7 Å². The van der Waals surface area contributed by atoms with Crippen molar-refractivity contribution in [3.8, 4) is 5.75 Å². The first-order chi connectivity index (χ1) is 11.5. The Balaban J connectivity index is 1.60. The summed E-state index contributed by atoms with van der Waals surface area (Å²) in [5.41, 5.74) is 3.99. The van der Waals surface area contributed by atoms with Crippen molar-refractivity contribution < 1.29 is 9.90 Å². The van der Waals surface area contributed by atoms with Crippen molar-refractivity contribution in [2.75, 3.05) is 26.2 Å². The minimum atomic E-state index is -0.0805. The zero-order chi connectivity index (χ0) is 17.1. The van der Waals surface area contributed by atoms with E-state index in [4.69, 9.17) is 0 Å². The first-order valence-electron chi connectivity index (χ1n) is 8.40. The number of phenolic OH excluding ortho intramolecular Hbond substituents is 1. The zero-order valence-electron chi connectivity index (χ0n) is 14.3. The van der Waals surface area contributed by atoms with E-state index >= 15 is 0 Å². The van der Waals surface area contributed by atoms with Crippen LogP contribution in [-0.4, -0.2) is 47.0 Å². The van der Waals surface area contributed by atoms with Gasteiger partial charge in [0.15, 0.2) is 0 Å². The fourth-order valence-electron chi connectivity index (χ4n) is 3.13. The quantitative estimate of drug-likeness (QED) is 0.944. The Bertz CT molecular complexity index is 734. The molecule has 2 aromatic rings. The largest absolute Gasteiger partial charge is 0.507 e. The highest BCUT2D eigenvalue weighted by Gasteiger charge is 2.24. The number of hydrogen-bond acceptors (Lipinski definition) is 3. The molecule has 1 heterocycles. The maximum Gasteiger partial charge on any atom is 0.257 e. The molecule has 1 saturated heterocycles. The third-order valence-electron chi connectivity index (χ3n) is 4.70. The molecule has 4 nitrogen and oxygen atoms in total. The van der Waals surface area contributed by atoms with Gasteiger partial charge >= 0.3 is 0 Å². The minimum Gasteiger partial charge on any atom is -0.507 e. The second-order valence-electron chi connectivity index (χ2n) is 6.52. The standard InChI is InChI=1S/C20H24N2O2/c1-15-7-8-18(19(23)13-15)20(24)22-11-9-21(10-12-22)14-17-6-4-3-5-16(17)2/h3-8,13,23H,9-12,14H2,1-2H3. The lowest BCUT2D eigenvalue weighted by Crippen LogP contribution is -2.48. The van der Waals surface area contributed by atoms with Crippen molar-refractivity contribution in [3.63, 3.8) is 0 Å². The van der Waals surface area contributed by atoms with Crippen LogP contribution >= 0.6 is 0 Å². The highest BCUT2D eigenvalue weighted by Crippen LogP contribution is 2.21. The summed E-state index contributed by atoms with van der Waals surface area (Å²) in [5.74, 6) is -0.00891. The summed E-state index contributed by atoms with van der Waals surface area (Å²) < 4.78 is 0. The van der Waals surface area contributed by atoms with Crippen LogP contribution in [0.3, 0.4) is 0 Å². The normalized spacial score (nSPS) is 15.5. The molecular weight excluding hydrogens is 300 g/mol. The zero-order valence-corrected chi connectivity index (χ0v) is 14.3. The first-order valence-corrected chi connectivity index (χ1v) is 8.40. The van der Waals surface area contributed by atoms with Crippen LogP contribution in [0, 0.1) is 13.8 Å². The Labute approximate surface area is 143 Å². The summed E-state index contributed by atoms with van der Waals surface area (Å²) in [6.07, 6.45) is 0. The van der Waals surface area contributed by atoms with E-state index in [9.17, 15) is 9.90 Å². The molecule has 1 fully saturated rings. The number of piperazine rings is 1. The molecule has 126 valence electrons. The van der Waals surface area contributed by atoms with Crippen LogP contribution in [0.1, 0.15) is 27.0 Å². The Hall–Kier alpha value is -2.33. The van der Waals surface area contributed by atoms with Gasteiger partial charge in [0.1, 0.15) is 5.75 Å². The van der Waals surface area contributed by atoms with E-state index in [2.05, 4.69) is 36.1 Å². The van der Waals surface area contributed by atoms with Gasteiger partial charge in [-0.2, -0.15) is 0 Å². The van der Waals surface area contributed by atoms with Gasteiger partial charge in [-0.15, -0.1) is 0 Å². The molecule has 1 aliphatic heterocycles. The average molecular weight is 324 g/mol. The number of phenols is 1. The van der Waals surface area contributed by atoms with Crippen molar-refractivity contribution >= 4 is 5.91 Å². The molecule has 0 bridgehead atoms. The molecule has 0 atom stereocenters. The summed E-state index contributed by atoms with van der Waals surface area (Å²) in [6, 6.07) is 13.6. The number of carbonyl (C=O) groups is 1. The van der Waals surface area contributed by atoms with Gasteiger partial charge in [0.25, 0.3) is 5.91 Å². The molecular formula is C20H24N2O2. The first kappa shape index (κ1) is 16.5. The molecule has 2 aromatic carbocycles. The fourth-order valence-corrected chi connectivity index (χ4v) is 3.13. The van der Waals surface area contributed by atoms with Gasteiger partial charge in [0.2, 0.25) is 0 Å². The molecule has 1 N–H and O–H groups in total. The monoisotopic (exact) mass is 324 g/mol. The molecule has 0 spiro atoms. The lowest BCUT2D eigenvalue weighted by atomic mass is 10.1. The molecule has 4 heteroatoms. The second kappa shape index (κ2) is 7.05. The SMILES string of the molecule is Cc1ccc(C(=O)N2CCN(Cc3ccccc3C)CC2)c(O)c1. The molecule has 24 heavy (non-hydrogen) atoms. The van der Waals surface area contributed by atoms with E-state index in [0.717, 1.165) is 25.2 Å². The van der Waals surface area contributed by atoms with Crippen LogP contribution in [0.5, 0.6) is 5.75 Å². The van der Waals surface area contributed by atoms with Gasteiger partial charge in [-0.25, -0.2) is 0 Å². The maximum atomic E-state index is 12.6. The minimum absolute atomic E-state index is 0.0716. The molecule has 0 radical (unpaired) electrons. The highest BCUT2D eigenvalue weighted by atomic mass is 16.3. The molecule has 1 amide bonds. The predicted octanol–water partition coefficient (Wildman–Crippen LogP) is 2.97. The second-order valence-corrected chi connectivity index (χ2v) is 6.52. The molecule has 0 aliphatic carbocycles. The third-order valence-corrected chi connectivity index (χ3v) is 4.70. The summed E-state index contributed by atoms with van der Waals surface area (Å²) in [6.45, 7) is 8.05. The molecule has 1 aliphatic rings. The number of aromatic hydroxyl groups is 1. The van der Waals surface area contributed by atoms with Gasteiger partial charge in [-0.1, -0.05) is 30.3 Å². The average Bonchev–Trinajstić information content (AvgIpc) is 2.57. The smallest absolute Gasteiger partial charge is 0.257 e. The van der Waals surface area contributed by atoms with Crippen LogP contribution in [0.4, 0.5) is 0 Å². The number of nitrogens with zero attached hydrogens (tertiary/aromatic N) is 2.